The van der Waals surface area contributed by atoms with Crippen LogP contribution < -0.4 is 0 Å². The molecule has 3 heteroatoms. The smallest absolute Gasteiger partial charge is 0.118 e. The van der Waals surface area contributed by atoms with Crippen LogP contribution in [0.15, 0.2) is 5.16 Å². The molecule has 0 saturated carbocycles. The van der Waals surface area contributed by atoms with Crippen molar-refractivity contribution >= 4 is 6.21 Å². The van der Waals surface area contributed by atoms with Gasteiger partial charge in [-0.1, -0.05) is 32.9 Å². The third-order valence-electron chi connectivity index (χ3n) is 2.04. The van der Waals surface area contributed by atoms with Gasteiger partial charge in [0.1, 0.15) is 6.61 Å². The Kier molecular flexibility index (Phi) is 8.64. The molecule has 84 valence electrons. The lowest BCUT2D eigenvalue weighted by molar-refractivity contribution is 0.131. The zero-order chi connectivity index (χ0) is 10.8. The molecule has 0 atom stereocenters. The van der Waals surface area contributed by atoms with Gasteiger partial charge in [-0.2, -0.15) is 0 Å². The summed E-state index contributed by atoms with van der Waals surface area (Å²) in [5, 5.41) is 3.88. The van der Waals surface area contributed by atoms with E-state index in [-0.39, 0.29) is 0 Å². The summed E-state index contributed by atoms with van der Waals surface area (Å²) in [4.78, 5) is 7.51. The Bertz CT molecular complexity index is 142. The minimum absolute atomic E-state index is 0.470. The van der Waals surface area contributed by atoms with Crippen LogP contribution >= 0.6 is 0 Å². The van der Waals surface area contributed by atoms with Crippen molar-refractivity contribution in [1.29, 1.82) is 0 Å². The maximum absolute atomic E-state index is 5.13. The molecule has 0 amide bonds. The number of hydrogen-bond acceptors (Lipinski definition) is 3. The number of nitrogens with zero attached hydrogens (tertiary/aromatic N) is 2. The van der Waals surface area contributed by atoms with Gasteiger partial charge in [0, 0.05) is 12.8 Å². The van der Waals surface area contributed by atoms with Gasteiger partial charge in [0.15, 0.2) is 0 Å². The highest BCUT2D eigenvalue weighted by atomic mass is 16.6. The fourth-order valence-corrected chi connectivity index (χ4v) is 1.11. The summed E-state index contributed by atoms with van der Waals surface area (Å²) >= 11 is 0. The standard InChI is InChI=1S/C11H24N2O/c1-5-13(6-2)8-7-9-14-12-10-11(3)4/h10-11H,5-9H2,1-4H3/b12-10+. The van der Waals surface area contributed by atoms with E-state index in [2.05, 4.69) is 37.8 Å². The summed E-state index contributed by atoms with van der Waals surface area (Å²) in [5.74, 6) is 0.470. The maximum Gasteiger partial charge on any atom is 0.118 e. The van der Waals surface area contributed by atoms with E-state index in [0.717, 1.165) is 32.7 Å². The maximum atomic E-state index is 5.13. The minimum Gasteiger partial charge on any atom is -0.396 e. The van der Waals surface area contributed by atoms with Crippen LogP contribution in [0.4, 0.5) is 0 Å². The van der Waals surface area contributed by atoms with Crippen molar-refractivity contribution in [3.63, 3.8) is 0 Å². The predicted octanol–water partition coefficient (Wildman–Crippen LogP) is 2.38. The Morgan fingerprint density at radius 1 is 1.29 bits per heavy atom. The molecule has 0 aromatic rings. The molecule has 0 rings (SSSR count). The molecule has 0 unspecified atom stereocenters. The van der Waals surface area contributed by atoms with Crippen LogP contribution in [0.1, 0.15) is 34.1 Å². The Morgan fingerprint density at radius 2 is 1.93 bits per heavy atom. The van der Waals surface area contributed by atoms with Crippen LogP contribution in [0, 0.1) is 5.92 Å². The number of rotatable bonds is 8. The third-order valence-corrected chi connectivity index (χ3v) is 2.04. The number of hydrogen-bond donors (Lipinski definition) is 0. The second-order valence-electron chi connectivity index (χ2n) is 3.71. The third kappa shape index (κ3) is 8.05. The van der Waals surface area contributed by atoms with Crippen molar-refractivity contribution in [3.8, 4) is 0 Å². The summed E-state index contributed by atoms with van der Waals surface area (Å²) in [6.07, 6.45) is 2.88. The lowest BCUT2D eigenvalue weighted by Gasteiger charge is -2.16. The molecule has 0 fully saturated rings. The van der Waals surface area contributed by atoms with Crippen LogP contribution in [-0.2, 0) is 4.84 Å². The summed E-state index contributed by atoms with van der Waals surface area (Å²) in [6.45, 7) is 12.6. The fourth-order valence-electron chi connectivity index (χ4n) is 1.11. The summed E-state index contributed by atoms with van der Waals surface area (Å²) in [6, 6.07) is 0. The Balaban J connectivity index is 3.28. The van der Waals surface area contributed by atoms with Crippen molar-refractivity contribution in [2.45, 2.75) is 34.1 Å². The van der Waals surface area contributed by atoms with Gasteiger partial charge in [0.05, 0.1) is 0 Å². The zero-order valence-electron chi connectivity index (χ0n) is 9.99. The molecule has 0 heterocycles. The molecule has 0 spiro atoms. The van der Waals surface area contributed by atoms with E-state index >= 15 is 0 Å². The van der Waals surface area contributed by atoms with Crippen LogP contribution in [0.25, 0.3) is 0 Å². The molecule has 0 aromatic carbocycles. The van der Waals surface area contributed by atoms with E-state index in [1.165, 1.54) is 0 Å². The molecule has 0 saturated heterocycles. The first-order valence-corrected chi connectivity index (χ1v) is 5.58. The molecule has 0 aliphatic rings. The molecular formula is C11H24N2O. The normalized spacial score (nSPS) is 11.9. The first-order valence-electron chi connectivity index (χ1n) is 5.58. The quantitative estimate of drug-likeness (QED) is 0.341. The molecule has 0 bridgehead atoms. The molecule has 0 N–H and O–H groups in total. The van der Waals surface area contributed by atoms with Crippen LogP contribution in [0.3, 0.4) is 0 Å². The van der Waals surface area contributed by atoms with Gasteiger partial charge in [0.25, 0.3) is 0 Å². The highest BCUT2D eigenvalue weighted by Crippen LogP contribution is 1.92. The molecule has 3 nitrogen and oxygen atoms in total. The van der Waals surface area contributed by atoms with Crippen LogP contribution in [-0.4, -0.2) is 37.4 Å². The average Bonchev–Trinajstić information content (AvgIpc) is 2.16. The van der Waals surface area contributed by atoms with E-state index in [1.807, 2.05) is 6.21 Å². The largest absolute Gasteiger partial charge is 0.396 e. The van der Waals surface area contributed by atoms with E-state index in [4.69, 9.17) is 4.84 Å². The van der Waals surface area contributed by atoms with Crippen molar-refractivity contribution in [2.75, 3.05) is 26.2 Å². The minimum atomic E-state index is 0.470. The lowest BCUT2D eigenvalue weighted by Crippen LogP contribution is -2.24. The first kappa shape index (κ1) is 13.4. The summed E-state index contributed by atoms with van der Waals surface area (Å²) < 4.78 is 0. The van der Waals surface area contributed by atoms with Crippen molar-refractivity contribution < 1.29 is 4.84 Å². The van der Waals surface area contributed by atoms with Gasteiger partial charge in [-0.05, 0) is 25.4 Å². The van der Waals surface area contributed by atoms with Crippen molar-refractivity contribution in [2.24, 2.45) is 11.1 Å². The van der Waals surface area contributed by atoms with Gasteiger partial charge >= 0.3 is 0 Å². The fraction of sp³-hybridized carbons (Fsp3) is 0.909. The Labute approximate surface area is 88.1 Å². The monoisotopic (exact) mass is 200 g/mol. The molecule has 0 aliphatic carbocycles. The van der Waals surface area contributed by atoms with E-state index < -0.39 is 0 Å². The second kappa shape index (κ2) is 9.00. The molecule has 0 radical (unpaired) electrons. The lowest BCUT2D eigenvalue weighted by atomic mass is 10.3. The van der Waals surface area contributed by atoms with Crippen LogP contribution in [0.2, 0.25) is 0 Å². The van der Waals surface area contributed by atoms with Gasteiger partial charge in [-0.15, -0.1) is 0 Å². The second-order valence-corrected chi connectivity index (χ2v) is 3.71. The van der Waals surface area contributed by atoms with Gasteiger partial charge in [0.2, 0.25) is 0 Å². The van der Waals surface area contributed by atoms with Gasteiger partial charge in [-0.25, -0.2) is 0 Å². The highest BCUT2D eigenvalue weighted by molar-refractivity contribution is 5.58. The van der Waals surface area contributed by atoms with Crippen molar-refractivity contribution in [1.82, 2.24) is 4.90 Å². The zero-order valence-corrected chi connectivity index (χ0v) is 9.99. The summed E-state index contributed by atoms with van der Waals surface area (Å²) in [5.41, 5.74) is 0. The topological polar surface area (TPSA) is 24.8 Å². The van der Waals surface area contributed by atoms with Crippen LogP contribution in [0.5, 0.6) is 0 Å². The molecule has 0 aliphatic heterocycles. The molecular weight excluding hydrogens is 176 g/mol. The Morgan fingerprint density at radius 3 is 2.43 bits per heavy atom. The van der Waals surface area contributed by atoms with E-state index in [1.54, 1.807) is 0 Å². The molecule has 0 aromatic heterocycles. The number of oxime groups is 1. The van der Waals surface area contributed by atoms with E-state index in [0.29, 0.717) is 5.92 Å². The van der Waals surface area contributed by atoms with E-state index in [9.17, 15) is 0 Å². The average molecular weight is 200 g/mol. The molecule has 14 heavy (non-hydrogen) atoms. The summed E-state index contributed by atoms with van der Waals surface area (Å²) in [7, 11) is 0. The first-order chi connectivity index (χ1) is 6.70. The Hall–Kier alpha value is -0.570. The SMILES string of the molecule is CCN(CC)CCCO/N=C/C(C)C. The highest BCUT2D eigenvalue weighted by Gasteiger charge is 1.97. The van der Waals surface area contributed by atoms with Crippen molar-refractivity contribution in [3.05, 3.63) is 0 Å². The van der Waals surface area contributed by atoms with Gasteiger partial charge in [-0.3, -0.25) is 0 Å². The van der Waals surface area contributed by atoms with Gasteiger partial charge < -0.3 is 9.74 Å². The predicted molar refractivity (Wildman–Crippen MR) is 61.7 cm³/mol.